The summed E-state index contributed by atoms with van der Waals surface area (Å²) in [5, 5.41) is 6.88. The number of amides is 1. The molecule has 0 saturated heterocycles. The average Bonchev–Trinajstić information content (AvgIpc) is 3.21. The fourth-order valence-electron chi connectivity index (χ4n) is 2.41. The molecule has 3 aromatic rings. The Balaban J connectivity index is 1.52. The summed E-state index contributed by atoms with van der Waals surface area (Å²) in [6.45, 7) is 0.108. The second-order valence-electron chi connectivity index (χ2n) is 5.78. The maximum absolute atomic E-state index is 11.8. The highest BCUT2D eigenvalue weighted by molar-refractivity contribution is 5.90. The summed E-state index contributed by atoms with van der Waals surface area (Å²) >= 11 is 0. The fourth-order valence-corrected chi connectivity index (χ4v) is 2.41. The third-order valence-corrected chi connectivity index (χ3v) is 3.83. The van der Waals surface area contributed by atoms with Gasteiger partial charge < -0.3 is 14.5 Å². The summed E-state index contributed by atoms with van der Waals surface area (Å²) in [4.78, 5) is 23.3. The highest BCUT2D eigenvalue weighted by Crippen LogP contribution is 2.22. The van der Waals surface area contributed by atoms with E-state index in [4.69, 9.17) is 4.42 Å². The first-order chi connectivity index (χ1) is 13.7. The molecule has 7 nitrogen and oxygen atoms in total. The van der Waals surface area contributed by atoms with E-state index in [1.54, 1.807) is 36.4 Å². The number of anilines is 1. The number of carbonyl (C=O) groups excluding carboxylic acids is 2. The lowest BCUT2D eigenvalue weighted by atomic mass is 10.1. The van der Waals surface area contributed by atoms with Crippen molar-refractivity contribution in [3.05, 3.63) is 78.1 Å². The number of para-hydroxylation sites is 1. The van der Waals surface area contributed by atoms with Crippen LogP contribution in [-0.4, -0.2) is 31.7 Å². The first kappa shape index (κ1) is 18.9. The van der Waals surface area contributed by atoms with Crippen molar-refractivity contribution in [3.63, 3.8) is 0 Å². The van der Waals surface area contributed by atoms with E-state index in [9.17, 15) is 9.59 Å². The van der Waals surface area contributed by atoms with Crippen molar-refractivity contribution in [2.24, 2.45) is 5.10 Å². The zero-order chi connectivity index (χ0) is 19.8. The van der Waals surface area contributed by atoms with Crippen LogP contribution in [0, 0.1) is 0 Å². The van der Waals surface area contributed by atoms with E-state index in [2.05, 4.69) is 20.6 Å². The molecule has 0 saturated carbocycles. The summed E-state index contributed by atoms with van der Waals surface area (Å²) in [6.07, 6.45) is 1.42. The number of carbonyl (C=O) groups is 2. The first-order valence-corrected chi connectivity index (χ1v) is 8.55. The van der Waals surface area contributed by atoms with E-state index in [-0.39, 0.29) is 12.5 Å². The van der Waals surface area contributed by atoms with Gasteiger partial charge in [0.15, 0.2) is 0 Å². The van der Waals surface area contributed by atoms with Crippen molar-refractivity contribution < 1.29 is 18.7 Å². The van der Waals surface area contributed by atoms with Gasteiger partial charge in [0.1, 0.15) is 11.5 Å². The van der Waals surface area contributed by atoms with Gasteiger partial charge in [-0.25, -0.2) is 10.2 Å². The van der Waals surface area contributed by atoms with Crippen molar-refractivity contribution in [3.8, 4) is 11.3 Å². The summed E-state index contributed by atoms with van der Waals surface area (Å²) in [5.74, 6) is 0.444. The SMILES string of the molecule is COC(=O)c1ccc(-c2ccc(/C=N\NC(=O)CNc3ccccc3)o2)cc1. The average molecular weight is 377 g/mol. The molecule has 0 unspecified atom stereocenters. The Hall–Kier alpha value is -3.87. The molecule has 2 aromatic carbocycles. The van der Waals surface area contributed by atoms with Gasteiger partial charge in [-0.3, -0.25) is 4.79 Å². The molecular weight excluding hydrogens is 358 g/mol. The van der Waals surface area contributed by atoms with E-state index >= 15 is 0 Å². The molecule has 0 aliphatic heterocycles. The lowest BCUT2D eigenvalue weighted by Gasteiger charge is -2.04. The van der Waals surface area contributed by atoms with Crippen LogP contribution in [0.3, 0.4) is 0 Å². The van der Waals surface area contributed by atoms with Crippen LogP contribution < -0.4 is 10.7 Å². The van der Waals surface area contributed by atoms with Crippen LogP contribution in [0.1, 0.15) is 16.1 Å². The van der Waals surface area contributed by atoms with Gasteiger partial charge in [-0.05, 0) is 36.4 Å². The van der Waals surface area contributed by atoms with Crippen LogP contribution in [0.15, 0.2) is 76.2 Å². The molecule has 1 aromatic heterocycles. The fraction of sp³-hybridized carbons (Fsp3) is 0.0952. The van der Waals surface area contributed by atoms with Gasteiger partial charge in [-0.1, -0.05) is 30.3 Å². The number of hydrazone groups is 1. The monoisotopic (exact) mass is 377 g/mol. The predicted octanol–water partition coefficient (Wildman–Crippen LogP) is 3.30. The van der Waals surface area contributed by atoms with E-state index in [1.807, 2.05) is 30.3 Å². The second-order valence-corrected chi connectivity index (χ2v) is 5.78. The number of benzene rings is 2. The van der Waals surface area contributed by atoms with Crippen LogP contribution in [-0.2, 0) is 9.53 Å². The molecule has 0 fully saturated rings. The van der Waals surface area contributed by atoms with Gasteiger partial charge in [0, 0.05) is 11.3 Å². The van der Waals surface area contributed by atoms with Gasteiger partial charge in [0.05, 0.1) is 25.4 Å². The number of hydrogen-bond acceptors (Lipinski definition) is 6. The van der Waals surface area contributed by atoms with Gasteiger partial charge in [-0.15, -0.1) is 0 Å². The van der Waals surface area contributed by atoms with Gasteiger partial charge in [-0.2, -0.15) is 5.10 Å². The number of esters is 1. The zero-order valence-electron chi connectivity index (χ0n) is 15.2. The molecule has 28 heavy (non-hydrogen) atoms. The van der Waals surface area contributed by atoms with E-state index in [0.717, 1.165) is 11.3 Å². The topological polar surface area (TPSA) is 92.9 Å². The minimum absolute atomic E-state index is 0.108. The Morgan fingerprint density at radius 1 is 1.04 bits per heavy atom. The number of hydrogen-bond donors (Lipinski definition) is 2. The molecule has 0 atom stereocenters. The van der Waals surface area contributed by atoms with Crippen LogP contribution in [0.5, 0.6) is 0 Å². The third kappa shape index (κ3) is 5.07. The Bertz CT molecular complexity index is 963. The normalized spacial score (nSPS) is 10.6. The van der Waals surface area contributed by atoms with Crippen LogP contribution >= 0.6 is 0 Å². The molecule has 0 aliphatic carbocycles. The highest BCUT2D eigenvalue weighted by Gasteiger charge is 2.07. The van der Waals surface area contributed by atoms with Crippen LogP contribution in [0.25, 0.3) is 11.3 Å². The lowest BCUT2D eigenvalue weighted by Crippen LogP contribution is -2.25. The van der Waals surface area contributed by atoms with Crippen molar-refractivity contribution >= 4 is 23.8 Å². The predicted molar refractivity (Wildman–Crippen MR) is 106 cm³/mol. The van der Waals surface area contributed by atoms with Crippen molar-refractivity contribution in [1.29, 1.82) is 0 Å². The molecule has 1 heterocycles. The summed E-state index contributed by atoms with van der Waals surface area (Å²) in [5.41, 5.74) is 4.56. The standard InChI is InChI=1S/C21H19N3O4/c1-27-21(26)16-9-7-15(8-10-16)19-12-11-18(28-19)13-23-24-20(25)14-22-17-5-3-2-4-6-17/h2-13,22H,14H2,1H3,(H,24,25)/b23-13-. The van der Waals surface area contributed by atoms with Crippen molar-refractivity contribution in [2.45, 2.75) is 0 Å². The van der Waals surface area contributed by atoms with Gasteiger partial charge in [0.25, 0.3) is 5.91 Å². The molecular formula is C21H19N3O4. The highest BCUT2D eigenvalue weighted by atomic mass is 16.5. The molecule has 1 amide bonds. The van der Waals surface area contributed by atoms with E-state index in [1.165, 1.54) is 13.3 Å². The number of nitrogens with one attached hydrogen (secondary N) is 2. The first-order valence-electron chi connectivity index (χ1n) is 8.55. The number of methoxy groups -OCH3 is 1. The van der Waals surface area contributed by atoms with Crippen LogP contribution in [0.2, 0.25) is 0 Å². The minimum atomic E-state index is -0.392. The molecule has 0 aliphatic rings. The minimum Gasteiger partial charge on any atom is -0.465 e. The number of ether oxygens (including phenoxy) is 1. The molecule has 2 N–H and O–H groups in total. The third-order valence-electron chi connectivity index (χ3n) is 3.83. The lowest BCUT2D eigenvalue weighted by molar-refractivity contribution is -0.119. The van der Waals surface area contributed by atoms with E-state index < -0.39 is 5.97 Å². The van der Waals surface area contributed by atoms with Crippen molar-refractivity contribution in [1.82, 2.24) is 5.43 Å². The Morgan fingerprint density at radius 3 is 2.50 bits per heavy atom. The molecule has 7 heteroatoms. The zero-order valence-corrected chi connectivity index (χ0v) is 15.2. The number of rotatable bonds is 7. The maximum atomic E-state index is 11.8. The number of furan rings is 1. The Kier molecular flexibility index (Phi) is 6.20. The molecule has 3 rings (SSSR count). The second kappa shape index (κ2) is 9.18. The summed E-state index contributed by atoms with van der Waals surface area (Å²) < 4.78 is 10.3. The summed E-state index contributed by atoms with van der Waals surface area (Å²) in [6, 6.07) is 19.8. The maximum Gasteiger partial charge on any atom is 0.337 e. The van der Waals surface area contributed by atoms with Crippen molar-refractivity contribution in [2.75, 3.05) is 19.0 Å². The van der Waals surface area contributed by atoms with Crippen LogP contribution in [0.4, 0.5) is 5.69 Å². The molecule has 142 valence electrons. The van der Waals surface area contributed by atoms with Gasteiger partial charge in [0.2, 0.25) is 0 Å². The quantitative estimate of drug-likeness (QED) is 0.374. The largest absolute Gasteiger partial charge is 0.465 e. The Morgan fingerprint density at radius 2 is 1.79 bits per heavy atom. The number of nitrogens with zero attached hydrogens (tertiary/aromatic N) is 1. The van der Waals surface area contributed by atoms with E-state index in [0.29, 0.717) is 17.1 Å². The summed E-state index contributed by atoms with van der Waals surface area (Å²) in [7, 11) is 1.34. The van der Waals surface area contributed by atoms with Gasteiger partial charge >= 0.3 is 5.97 Å². The molecule has 0 spiro atoms. The molecule has 0 radical (unpaired) electrons. The molecule has 0 bridgehead atoms. The Labute approximate surface area is 162 Å². The smallest absolute Gasteiger partial charge is 0.337 e.